The average molecular weight is 368 g/mol. The molecule has 140 valence electrons. The van der Waals surface area contributed by atoms with E-state index in [4.69, 9.17) is 0 Å². The number of sulfonamides is 1. The Labute approximate surface area is 151 Å². The molecular formula is C18H29N3O3S. The minimum absolute atomic E-state index is 0.00933. The molecule has 0 heterocycles. The molecule has 25 heavy (non-hydrogen) atoms. The van der Waals surface area contributed by atoms with E-state index in [-0.39, 0.29) is 18.0 Å². The van der Waals surface area contributed by atoms with Gasteiger partial charge in [-0.2, -0.15) is 4.31 Å². The van der Waals surface area contributed by atoms with Gasteiger partial charge >= 0.3 is 0 Å². The van der Waals surface area contributed by atoms with Crippen molar-refractivity contribution in [2.45, 2.75) is 63.6 Å². The van der Waals surface area contributed by atoms with Crippen LogP contribution in [0.3, 0.4) is 0 Å². The summed E-state index contributed by atoms with van der Waals surface area (Å²) >= 11 is 0. The van der Waals surface area contributed by atoms with E-state index in [0.29, 0.717) is 24.0 Å². The number of benzene rings is 1. The van der Waals surface area contributed by atoms with E-state index in [1.807, 2.05) is 27.7 Å². The highest BCUT2D eigenvalue weighted by atomic mass is 32.2. The van der Waals surface area contributed by atoms with E-state index in [1.165, 1.54) is 4.31 Å². The van der Waals surface area contributed by atoms with Crippen LogP contribution in [0.4, 0.5) is 0 Å². The molecule has 0 aromatic heterocycles. The Morgan fingerprint density at radius 1 is 1.16 bits per heavy atom. The van der Waals surface area contributed by atoms with Gasteiger partial charge in [0.15, 0.2) is 0 Å². The molecule has 2 N–H and O–H groups in total. The molecule has 0 aliphatic heterocycles. The van der Waals surface area contributed by atoms with Crippen molar-refractivity contribution in [3.63, 3.8) is 0 Å². The summed E-state index contributed by atoms with van der Waals surface area (Å²) in [5.74, 6) is 0.00933. The van der Waals surface area contributed by atoms with Crippen LogP contribution in [0.2, 0.25) is 0 Å². The van der Waals surface area contributed by atoms with Gasteiger partial charge in [-0.05, 0) is 44.4 Å². The molecule has 7 heteroatoms. The lowest BCUT2D eigenvalue weighted by atomic mass is 10.1. The Bertz CT molecular complexity index is 680. The summed E-state index contributed by atoms with van der Waals surface area (Å²) in [5, 5.41) is 6.24. The summed E-state index contributed by atoms with van der Waals surface area (Å²) in [6, 6.07) is 6.88. The zero-order valence-corrected chi connectivity index (χ0v) is 16.3. The quantitative estimate of drug-likeness (QED) is 0.700. The molecule has 1 amide bonds. The molecule has 0 spiro atoms. The fraction of sp³-hybridized carbons (Fsp3) is 0.611. The van der Waals surface area contributed by atoms with Crippen LogP contribution in [0.25, 0.3) is 0 Å². The van der Waals surface area contributed by atoms with E-state index in [9.17, 15) is 13.2 Å². The SMILES string of the molecule is CCN(CC)S(=O)(=O)c1ccc([C@@H](C)N[C@@H](C)C(=O)NC2CC2)cc1. The smallest absolute Gasteiger partial charge is 0.243 e. The Balaban J connectivity index is 2.02. The fourth-order valence-electron chi connectivity index (χ4n) is 2.74. The zero-order valence-electron chi connectivity index (χ0n) is 15.5. The number of hydrogen-bond donors (Lipinski definition) is 2. The maximum absolute atomic E-state index is 12.5. The topological polar surface area (TPSA) is 78.5 Å². The Morgan fingerprint density at radius 3 is 2.20 bits per heavy atom. The highest BCUT2D eigenvalue weighted by molar-refractivity contribution is 7.89. The maximum Gasteiger partial charge on any atom is 0.243 e. The van der Waals surface area contributed by atoms with Gasteiger partial charge in [0.25, 0.3) is 0 Å². The predicted molar refractivity (Wildman–Crippen MR) is 98.7 cm³/mol. The molecule has 1 aliphatic carbocycles. The van der Waals surface area contributed by atoms with Gasteiger partial charge in [-0.15, -0.1) is 0 Å². The molecule has 1 fully saturated rings. The summed E-state index contributed by atoms with van der Waals surface area (Å²) < 4.78 is 26.5. The van der Waals surface area contributed by atoms with Crippen molar-refractivity contribution in [2.75, 3.05) is 13.1 Å². The first-order valence-corrected chi connectivity index (χ1v) is 10.4. The first kappa shape index (κ1) is 19.9. The molecule has 0 radical (unpaired) electrons. The lowest BCUT2D eigenvalue weighted by Gasteiger charge is -2.21. The molecule has 0 saturated heterocycles. The first-order valence-electron chi connectivity index (χ1n) is 8.96. The van der Waals surface area contributed by atoms with Crippen molar-refractivity contribution in [1.82, 2.24) is 14.9 Å². The van der Waals surface area contributed by atoms with Crippen molar-refractivity contribution in [1.29, 1.82) is 0 Å². The molecule has 1 aliphatic rings. The molecule has 1 saturated carbocycles. The minimum atomic E-state index is -3.44. The van der Waals surface area contributed by atoms with Crippen molar-refractivity contribution < 1.29 is 13.2 Å². The van der Waals surface area contributed by atoms with Gasteiger partial charge in [0, 0.05) is 25.2 Å². The predicted octanol–water partition coefficient (Wildman–Crippen LogP) is 2.03. The molecule has 1 aromatic carbocycles. The molecule has 0 bridgehead atoms. The average Bonchev–Trinajstić information content (AvgIpc) is 3.39. The number of rotatable bonds is 9. The number of carbonyl (C=O) groups is 1. The van der Waals surface area contributed by atoms with Crippen LogP contribution in [0, 0.1) is 0 Å². The zero-order chi connectivity index (χ0) is 18.6. The molecule has 2 rings (SSSR count). The number of nitrogens with zero attached hydrogens (tertiary/aromatic N) is 1. The molecule has 2 atom stereocenters. The molecule has 1 aromatic rings. The second kappa shape index (κ2) is 8.29. The summed E-state index contributed by atoms with van der Waals surface area (Å²) in [6.07, 6.45) is 2.13. The summed E-state index contributed by atoms with van der Waals surface area (Å²) in [4.78, 5) is 12.3. The van der Waals surface area contributed by atoms with E-state index in [2.05, 4.69) is 10.6 Å². The van der Waals surface area contributed by atoms with Crippen LogP contribution in [-0.4, -0.2) is 43.8 Å². The monoisotopic (exact) mass is 367 g/mol. The van der Waals surface area contributed by atoms with Gasteiger partial charge in [0.1, 0.15) is 0 Å². The number of carbonyl (C=O) groups excluding carboxylic acids is 1. The lowest BCUT2D eigenvalue weighted by Crippen LogP contribution is -2.43. The third-order valence-electron chi connectivity index (χ3n) is 4.54. The van der Waals surface area contributed by atoms with Crippen LogP contribution < -0.4 is 10.6 Å². The van der Waals surface area contributed by atoms with Crippen LogP contribution in [0.5, 0.6) is 0 Å². The molecular weight excluding hydrogens is 338 g/mol. The second-order valence-electron chi connectivity index (χ2n) is 6.55. The van der Waals surface area contributed by atoms with Crippen molar-refractivity contribution >= 4 is 15.9 Å². The van der Waals surface area contributed by atoms with E-state index in [1.54, 1.807) is 24.3 Å². The number of hydrogen-bond acceptors (Lipinski definition) is 4. The minimum Gasteiger partial charge on any atom is -0.352 e. The standard InChI is InChI=1S/C18H29N3O3S/c1-5-21(6-2)25(23,24)17-11-7-15(8-12-17)13(3)19-14(4)18(22)20-16-9-10-16/h7-8,11-14,16,19H,5-6,9-10H2,1-4H3,(H,20,22)/t13-,14+/m1/s1. The van der Waals surface area contributed by atoms with Crippen molar-refractivity contribution in [3.8, 4) is 0 Å². The van der Waals surface area contributed by atoms with Gasteiger partial charge in [0.05, 0.1) is 10.9 Å². The normalized spacial score (nSPS) is 17.3. The largest absolute Gasteiger partial charge is 0.352 e. The van der Waals surface area contributed by atoms with E-state index >= 15 is 0 Å². The second-order valence-corrected chi connectivity index (χ2v) is 8.49. The number of nitrogens with one attached hydrogen (secondary N) is 2. The van der Waals surface area contributed by atoms with Crippen molar-refractivity contribution in [2.24, 2.45) is 0 Å². The molecule has 0 unspecified atom stereocenters. The van der Waals surface area contributed by atoms with Crippen LogP contribution >= 0.6 is 0 Å². The molecule has 6 nitrogen and oxygen atoms in total. The van der Waals surface area contributed by atoms with Crippen LogP contribution in [0.1, 0.15) is 52.1 Å². The maximum atomic E-state index is 12.5. The summed E-state index contributed by atoms with van der Waals surface area (Å²) in [6.45, 7) is 8.37. The van der Waals surface area contributed by atoms with Gasteiger partial charge in [0.2, 0.25) is 15.9 Å². The van der Waals surface area contributed by atoms with E-state index in [0.717, 1.165) is 18.4 Å². The third kappa shape index (κ3) is 5.03. The van der Waals surface area contributed by atoms with Crippen LogP contribution in [-0.2, 0) is 14.8 Å². The summed E-state index contributed by atoms with van der Waals surface area (Å²) in [7, 11) is -3.44. The Kier molecular flexibility index (Phi) is 6.59. The van der Waals surface area contributed by atoms with Gasteiger partial charge in [-0.25, -0.2) is 8.42 Å². The Hall–Kier alpha value is -1.44. The first-order chi connectivity index (χ1) is 11.8. The highest BCUT2D eigenvalue weighted by Crippen LogP contribution is 2.21. The van der Waals surface area contributed by atoms with Crippen LogP contribution in [0.15, 0.2) is 29.2 Å². The fourth-order valence-corrected chi connectivity index (χ4v) is 4.20. The lowest BCUT2D eigenvalue weighted by molar-refractivity contribution is -0.123. The van der Waals surface area contributed by atoms with Gasteiger partial charge in [-0.1, -0.05) is 26.0 Å². The summed E-state index contributed by atoms with van der Waals surface area (Å²) in [5.41, 5.74) is 0.949. The number of amides is 1. The van der Waals surface area contributed by atoms with Gasteiger partial charge in [-0.3, -0.25) is 10.1 Å². The third-order valence-corrected chi connectivity index (χ3v) is 6.60. The van der Waals surface area contributed by atoms with E-state index < -0.39 is 10.0 Å². The Morgan fingerprint density at radius 2 is 1.72 bits per heavy atom. The highest BCUT2D eigenvalue weighted by Gasteiger charge is 2.26. The van der Waals surface area contributed by atoms with Gasteiger partial charge < -0.3 is 5.32 Å². The van der Waals surface area contributed by atoms with Crippen molar-refractivity contribution in [3.05, 3.63) is 29.8 Å².